The van der Waals surface area contributed by atoms with Crippen LogP contribution in [-0.4, -0.2) is 26.1 Å². The van der Waals surface area contributed by atoms with E-state index >= 15 is 0 Å². The van der Waals surface area contributed by atoms with Crippen molar-refractivity contribution < 1.29 is 19.0 Å². The van der Waals surface area contributed by atoms with Crippen LogP contribution in [0, 0.1) is 0 Å². The van der Waals surface area contributed by atoms with Crippen molar-refractivity contribution in [2.75, 3.05) is 14.2 Å². The highest BCUT2D eigenvalue weighted by molar-refractivity contribution is 6.13. The topological polar surface area (TPSA) is 57.1 Å². The molecule has 0 saturated heterocycles. The van der Waals surface area contributed by atoms with E-state index in [1.54, 1.807) is 32.4 Å². The molecule has 0 aliphatic carbocycles. The maximum atomic E-state index is 12.2. The van der Waals surface area contributed by atoms with E-state index in [4.69, 9.17) is 14.2 Å². The minimum atomic E-state index is -0.481. The van der Waals surface area contributed by atoms with Crippen molar-refractivity contribution in [1.29, 1.82) is 0 Å². The van der Waals surface area contributed by atoms with E-state index in [-0.39, 0.29) is 5.70 Å². The van der Waals surface area contributed by atoms with Gasteiger partial charge in [0.25, 0.3) is 0 Å². The van der Waals surface area contributed by atoms with Crippen molar-refractivity contribution in [2.45, 2.75) is 19.8 Å². The van der Waals surface area contributed by atoms with Crippen LogP contribution in [0.2, 0.25) is 0 Å². The zero-order chi connectivity index (χ0) is 18.7. The summed E-state index contributed by atoms with van der Waals surface area (Å²) >= 11 is 0. The smallest absolute Gasteiger partial charge is 0.363 e. The number of ether oxygens (including phenoxy) is 3. The normalized spacial score (nSPS) is 15.2. The summed E-state index contributed by atoms with van der Waals surface area (Å²) in [4.78, 5) is 16.5. The van der Waals surface area contributed by atoms with E-state index in [9.17, 15) is 4.79 Å². The van der Waals surface area contributed by atoms with Gasteiger partial charge in [0.05, 0.1) is 14.2 Å². The molecule has 2 aromatic carbocycles. The summed E-state index contributed by atoms with van der Waals surface area (Å²) in [7, 11) is 3.15. The molecule has 1 aliphatic heterocycles. The predicted molar refractivity (Wildman–Crippen MR) is 101 cm³/mol. The summed E-state index contributed by atoms with van der Waals surface area (Å²) in [6.45, 7) is 4.26. The third-order valence-electron chi connectivity index (χ3n) is 4.18. The molecular weight excluding hydrogens is 330 g/mol. The van der Waals surface area contributed by atoms with Gasteiger partial charge in [0.15, 0.2) is 5.70 Å². The lowest BCUT2D eigenvalue weighted by Crippen LogP contribution is -2.05. The van der Waals surface area contributed by atoms with Crippen LogP contribution in [0.4, 0.5) is 0 Å². The number of carbonyl (C=O) groups is 1. The molecule has 5 nitrogen and oxygen atoms in total. The summed E-state index contributed by atoms with van der Waals surface area (Å²) in [6, 6.07) is 13.2. The number of rotatable bonds is 5. The highest BCUT2D eigenvalue weighted by Crippen LogP contribution is 2.28. The number of hydrogen-bond donors (Lipinski definition) is 0. The van der Waals surface area contributed by atoms with Gasteiger partial charge in [0.1, 0.15) is 11.5 Å². The lowest BCUT2D eigenvalue weighted by Gasteiger charge is -2.07. The number of hydrogen-bond acceptors (Lipinski definition) is 5. The van der Waals surface area contributed by atoms with Crippen LogP contribution in [-0.2, 0) is 9.53 Å². The number of aliphatic imine (C=N–C) groups is 1. The van der Waals surface area contributed by atoms with Crippen LogP contribution in [0.1, 0.15) is 36.5 Å². The average molecular weight is 351 g/mol. The molecule has 1 aliphatic rings. The van der Waals surface area contributed by atoms with Crippen molar-refractivity contribution in [3.8, 4) is 11.5 Å². The van der Waals surface area contributed by atoms with Gasteiger partial charge in [-0.05, 0) is 41.8 Å². The summed E-state index contributed by atoms with van der Waals surface area (Å²) in [5.74, 6) is 1.53. The first-order chi connectivity index (χ1) is 12.5. The van der Waals surface area contributed by atoms with E-state index < -0.39 is 5.97 Å². The Balaban J connectivity index is 1.91. The van der Waals surface area contributed by atoms with E-state index in [2.05, 4.69) is 18.8 Å². The molecule has 134 valence electrons. The maximum Gasteiger partial charge on any atom is 0.363 e. The first kappa shape index (κ1) is 17.7. The van der Waals surface area contributed by atoms with Crippen LogP contribution in [0.15, 0.2) is 53.2 Å². The molecule has 1 heterocycles. The van der Waals surface area contributed by atoms with E-state index in [1.165, 1.54) is 5.56 Å². The van der Waals surface area contributed by atoms with Crippen LogP contribution in [0.3, 0.4) is 0 Å². The van der Waals surface area contributed by atoms with Gasteiger partial charge in [-0.2, -0.15) is 0 Å². The molecule has 0 radical (unpaired) electrons. The van der Waals surface area contributed by atoms with E-state index in [0.717, 1.165) is 11.1 Å². The van der Waals surface area contributed by atoms with E-state index in [0.29, 0.717) is 23.3 Å². The molecule has 2 aromatic rings. The Kier molecular flexibility index (Phi) is 5.07. The van der Waals surface area contributed by atoms with Crippen LogP contribution < -0.4 is 9.47 Å². The lowest BCUT2D eigenvalue weighted by molar-refractivity contribution is -0.129. The molecule has 0 spiro atoms. The second kappa shape index (κ2) is 7.44. The predicted octanol–water partition coefficient (Wildman–Crippen LogP) is 4.17. The molecule has 0 unspecified atom stereocenters. The van der Waals surface area contributed by atoms with Crippen molar-refractivity contribution in [3.05, 3.63) is 64.9 Å². The van der Waals surface area contributed by atoms with Gasteiger partial charge in [0, 0.05) is 17.2 Å². The van der Waals surface area contributed by atoms with Crippen LogP contribution >= 0.6 is 0 Å². The second-order valence-electron chi connectivity index (χ2n) is 6.22. The molecule has 0 N–H and O–H groups in total. The largest absolute Gasteiger partial charge is 0.497 e. The third-order valence-corrected chi connectivity index (χ3v) is 4.18. The minimum Gasteiger partial charge on any atom is -0.497 e. The number of benzene rings is 2. The Labute approximate surface area is 152 Å². The molecular formula is C21H21NO4. The fourth-order valence-corrected chi connectivity index (χ4v) is 2.63. The molecule has 0 saturated carbocycles. The Morgan fingerprint density at radius 1 is 1.04 bits per heavy atom. The van der Waals surface area contributed by atoms with Crippen LogP contribution in [0.25, 0.3) is 6.08 Å². The number of nitrogens with zero attached hydrogens (tertiary/aromatic N) is 1. The molecule has 5 heteroatoms. The molecule has 26 heavy (non-hydrogen) atoms. The molecule has 3 rings (SSSR count). The first-order valence-corrected chi connectivity index (χ1v) is 8.36. The molecule has 0 amide bonds. The standard InChI is InChI=1S/C21H21NO4/c1-13(2)14-5-7-15(8-6-14)20-22-18(21(23)26-20)11-16-9-10-17(24-3)12-19(16)25-4/h5-13H,1-4H3/b18-11-. The van der Waals surface area contributed by atoms with E-state index in [1.807, 2.05) is 30.3 Å². The molecule has 0 aromatic heterocycles. The molecule has 0 fully saturated rings. The lowest BCUT2D eigenvalue weighted by atomic mass is 10.0. The van der Waals surface area contributed by atoms with Gasteiger partial charge >= 0.3 is 5.97 Å². The number of esters is 1. The molecule has 0 atom stereocenters. The van der Waals surface area contributed by atoms with Crippen molar-refractivity contribution in [2.24, 2.45) is 4.99 Å². The number of methoxy groups -OCH3 is 2. The fraction of sp³-hybridized carbons (Fsp3) is 0.238. The van der Waals surface area contributed by atoms with Gasteiger partial charge in [-0.25, -0.2) is 9.79 Å². The number of carbonyl (C=O) groups excluding carboxylic acids is 1. The van der Waals surface area contributed by atoms with Crippen molar-refractivity contribution in [1.82, 2.24) is 0 Å². The summed E-state index contributed by atoms with van der Waals surface area (Å²) < 4.78 is 15.9. The summed E-state index contributed by atoms with van der Waals surface area (Å²) in [5.41, 5.74) is 2.95. The monoisotopic (exact) mass is 351 g/mol. The SMILES string of the molecule is COc1ccc(/C=C2\N=C(c3ccc(C(C)C)cc3)OC2=O)c(OC)c1. The Morgan fingerprint density at radius 2 is 1.77 bits per heavy atom. The van der Waals surface area contributed by atoms with Gasteiger partial charge in [-0.1, -0.05) is 26.0 Å². The Morgan fingerprint density at radius 3 is 2.38 bits per heavy atom. The van der Waals surface area contributed by atoms with Crippen molar-refractivity contribution in [3.63, 3.8) is 0 Å². The summed E-state index contributed by atoms with van der Waals surface area (Å²) in [5, 5.41) is 0. The summed E-state index contributed by atoms with van der Waals surface area (Å²) in [6.07, 6.45) is 1.65. The highest BCUT2D eigenvalue weighted by Gasteiger charge is 2.24. The minimum absolute atomic E-state index is 0.233. The maximum absolute atomic E-state index is 12.2. The average Bonchev–Trinajstić information content (AvgIpc) is 3.02. The zero-order valence-corrected chi connectivity index (χ0v) is 15.3. The Hall–Kier alpha value is -3.08. The first-order valence-electron chi connectivity index (χ1n) is 8.36. The molecule has 0 bridgehead atoms. The second-order valence-corrected chi connectivity index (χ2v) is 6.22. The third kappa shape index (κ3) is 3.61. The quantitative estimate of drug-likeness (QED) is 0.599. The van der Waals surface area contributed by atoms with Crippen LogP contribution in [0.5, 0.6) is 11.5 Å². The van der Waals surface area contributed by atoms with Crippen molar-refractivity contribution >= 4 is 17.9 Å². The van der Waals surface area contributed by atoms with Gasteiger partial charge in [-0.3, -0.25) is 0 Å². The zero-order valence-electron chi connectivity index (χ0n) is 15.3. The van der Waals surface area contributed by atoms with Gasteiger partial charge < -0.3 is 14.2 Å². The highest BCUT2D eigenvalue weighted by atomic mass is 16.6. The Bertz CT molecular complexity index is 879. The number of cyclic esters (lactones) is 1. The van der Waals surface area contributed by atoms with Gasteiger partial charge in [-0.15, -0.1) is 0 Å². The fourth-order valence-electron chi connectivity index (χ4n) is 2.63. The van der Waals surface area contributed by atoms with Gasteiger partial charge in [0.2, 0.25) is 5.90 Å².